The van der Waals surface area contributed by atoms with Crippen LogP contribution in [0.4, 0.5) is 4.79 Å². The van der Waals surface area contributed by atoms with Crippen molar-refractivity contribution >= 4 is 18.0 Å². The number of hydrogen-bond donors (Lipinski definition) is 3. The number of aliphatic carboxylic acids is 1. The van der Waals surface area contributed by atoms with Crippen LogP contribution in [0.1, 0.15) is 47.0 Å². The second kappa shape index (κ2) is 9.20. The van der Waals surface area contributed by atoms with E-state index in [1.807, 2.05) is 13.8 Å². The molecule has 0 spiro atoms. The standard InChI is InChI=1S/C14H26N2O5/c1-5-21-12(19)10(2)16-13(20)15-9-8-14(3,4)7-6-11(17)18/h10H,5-9H2,1-4H3,(H,17,18)(H2,15,16,20). The first kappa shape index (κ1) is 19.2. The predicted molar refractivity (Wildman–Crippen MR) is 77.9 cm³/mol. The van der Waals surface area contributed by atoms with Crippen LogP contribution in [-0.4, -0.2) is 42.3 Å². The number of rotatable bonds is 9. The third-order valence-electron chi connectivity index (χ3n) is 3.09. The van der Waals surface area contributed by atoms with Gasteiger partial charge in [0, 0.05) is 13.0 Å². The van der Waals surface area contributed by atoms with E-state index in [9.17, 15) is 14.4 Å². The number of urea groups is 1. The minimum absolute atomic E-state index is 0.110. The summed E-state index contributed by atoms with van der Waals surface area (Å²) in [5.41, 5.74) is -0.168. The largest absolute Gasteiger partial charge is 0.481 e. The molecule has 0 aromatic carbocycles. The van der Waals surface area contributed by atoms with Crippen LogP contribution in [0.5, 0.6) is 0 Å². The molecule has 0 saturated carbocycles. The highest BCUT2D eigenvalue weighted by Gasteiger charge is 2.20. The van der Waals surface area contributed by atoms with Gasteiger partial charge in [-0.3, -0.25) is 4.79 Å². The van der Waals surface area contributed by atoms with Gasteiger partial charge in [0.25, 0.3) is 0 Å². The lowest BCUT2D eigenvalue weighted by molar-refractivity contribution is -0.144. The van der Waals surface area contributed by atoms with Crippen LogP contribution in [0.2, 0.25) is 0 Å². The molecule has 0 saturated heterocycles. The van der Waals surface area contributed by atoms with Crippen LogP contribution < -0.4 is 10.6 Å². The maximum absolute atomic E-state index is 11.6. The van der Waals surface area contributed by atoms with E-state index in [0.717, 1.165) is 0 Å². The summed E-state index contributed by atoms with van der Waals surface area (Å²) < 4.78 is 4.78. The first-order chi connectivity index (χ1) is 9.68. The number of carbonyl (C=O) groups excluding carboxylic acids is 2. The Morgan fingerprint density at radius 1 is 1.24 bits per heavy atom. The first-order valence-corrected chi connectivity index (χ1v) is 7.10. The molecule has 3 N–H and O–H groups in total. The molecule has 21 heavy (non-hydrogen) atoms. The number of esters is 1. The fourth-order valence-electron chi connectivity index (χ4n) is 1.66. The second-order valence-corrected chi connectivity index (χ2v) is 5.68. The van der Waals surface area contributed by atoms with E-state index >= 15 is 0 Å². The first-order valence-electron chi connectivity index (χ1n) is 7.10. The van der Waals surface area contributed by atoms with E-state index in [-0.39, 0.29) is 18.4 Å². The van der Waals surface area contributed by atoms with Crippen molar-refractivity contribution in [3.05, 3.63) is 0 Å². The van der Waals surface area contributed by atoms with Gasteiger partial charge in [-0.15, -0.1) is 0 Å². The van der Waals surface area contributed by atoms with Gasteiger partial charge in [-0.25, -0.2) is 9.59 Å². The number of ether oxygens (including phenoxy) is 1. The van der Waals surface area contributed by atoms with E-state index in [1.54, 1.807) is 13.8 Å². The molecular formula is C14H26N2O5. The molecule has 7 nitrogen and oxygen atoms in total. The van der Waals surface area contributed by atoms with Gasteiger partial charge in [-0.1, -0.05) is 13.8 Å². The van der Waals surface area contributed by atoms with Crippen LogP contribution >= 0.6 is 0 Å². The fourth-order valence-corrected chi connectivity index (χ4v) is 1.66. The molecule has 0 aliphatic carbocycles. The SMILES string of the molecule is CCOC(=O)C(C)NC(=O)NCCC(C)(C)CCC(=O)O. The molecule has 0 aromatic rings. The number of carboxylic acids is 1. The molecule has 1 unspecified atom stereocenters. The van der Waals surface area contributed by atoms with E-state index in [1.165, 1.54) is 0 Å². The molecule has 0 fully saturated rings. The van der Waals surface area contributed by atoms with Crippen LogP contribution in [0.15, 0.2) is 0 Å². The molecule has 0 radical (unpaired) electrons. The van der Waals surface area contributed by atoms with Gasteiger partial charge in [0.2, 0.25) is 0 Å². The van der Waals surface area contributed by atoms with Gasteiger partial charge in [-0.05, 0) is 32.1 Å². The minimum atomic E-state index is -0.822. The van der Waals surface area contributed by atoms with Crippen molar-refractivity contribution in [2.24, 2.45) is 5.41 Å². The molecular weight excluding hydrogens is 276 g/mol. The van der Waals surface area contributed by atoms with Gasteiger partial charge in [0.1, 0.15) is 6.04 Å². The van der Waals surface area contributed by atoms with Crippen molar-refractivity contribution in [2.45, 2.75) is 53.0 Å². The Morgan fingerprint density at radius 2 is 1.86 bits per heavy atom. The monoisotopic (exact) mass is 302 g/mol. The Morgan fingerprint density at radius 3 is 2.38 bits per heavy atom. The average molecular weight is 302 g/mol. The summed E-state index contributed by atoms with van der Waals surface area (Å²) in [4.78, 5) is 33.5. The molecule has 122 valence electrons. The van der Waals surface area contributed by atoms with Crippen LogP contribution in [-0.2, 0) is 14.3 Å². The van der Waals surface area contributed by atoms with Crippen molar-refractivity contribution in [1.29, 1.82) is 0 Å². The second-order valence-electron chi connectivity index (χ2n) is 5.68. The number of carboxylic acid groups (broad SMARTS) is 1. The summed E-state index contributed by atoms with van der Waals surface area (Å²) in [6.45, 7) is 7.84. The van der Waals surface area contributed by atoms with Crippen LogP contribution in [0.25, 0.3) is 0 Å². The zero-order valence-electron chi connectivity index (χ0n) is 13.2. The molecule has 0 rings (SSSR count). The number of nitrogens with one attached hydrogen (secondary N) is 2. The number of carbonyl (C=O) groups is 3. The third kappa shape index (κ3) is 9.70. The minimum Gasteiger partial charge on any atom is -0.481 e. The van der Waals surface area contributed by atoms with Crippen molar-refractivity contribution < 1.29 is 24.2 Å². The molecule has 0 aliphatic heterocycles. The molecule has 7 heteroatoms. The lowest BCUT2D eigenvalue weighted by atomic mass is 9.84. The highest BCUT2D eigenvalue weighted by Crippen LogP contribution is 2.25. The molecule has 1 atom stereocenters. The topological polar surface area (TPSA) is 105 Å². The Balaban J connectivity index is 3.98. The highest BCUT2D eigenvalue weighted by atomic mass is 16.5. The molecule has 0 heterocycles. The van der Waals surface area contributed by atoms with Crippen molar-refractivity contribution in [2.75, 3.05) is 13.2 Å². The fraction of sp³-hybridized carbons (Fsp3) is 0.786. The summed E-state index contributed by atoms with van der Waals surface area (Å²) in [5.74, 6) is -1.30. The Labute approximate surface area is 125 Å². The zero-order valence-corrected chi connectivity index (χ0v) is 13.2. The average Bonchev–Trinajstić information content (AvgIpc) is 2.36. The number of amides is 2. The van der Waals surface area contributed by atoms with Gasteiger partial charge in [0.05, 0.1) is 6.61 Å². The molecule has 0 aliphatic rings. The van der Waals surface area contributed by atoms with Crippen LogP contribution in [0.3, 0.4) is 0 Å². The van der Waals surface area contributed by atoms with Crippen molar-refractivity contribution in [3.63, 3.8) is 0 Å². The van der Waals surface area contributed by atoms with Gasteiger partial charge in [-0.2, -0.15) is 0 Å². The normalized spacial score (nSPS) is 12.4. The summed E-state index contributed by atoms with van der Waals surface area (Å²) >= 11 is 0. The molecule has 0 aromatic heterocycles. The zero-order chi connectivity index (χ0) is 16.5. The smallest absolute Gasteiger partial charge is 0.328 e. The molecule has 2 amide bonds. The van der Waals surface area contributed by atoms with Crippen LogP contribution in [0, 0.1) is 5.41 Å². The highest BCUT2D eigenvalue weighted by molar-refractivity contribution is 5.83. The predicted octanol–water partition coefficient (Wildman–Crippen LogP) is 1.52. The summed E-state index contributed by atoms with van der Waals surface area (Å²) in [6, 6.07) is -1.14. The van der Waals surface area contributed by atoms with Gasteiger partial charge in [0.15, 0.2) is 0 Å². The molecule has 0 bridgehead atoms. The lowest BCUT2D eigenvalue weighted by Gasteiger charge is -2.24. The maximum atomic E-state index is 11.6. The van der Waals surface area contributed by atoms with Gasteiger partial charge < -0.3 is 20.5 Å². The van der Waals surface area contributed by atoms with Crippen molar-refractivity contribution in [3.8, 4) is 0 Å². The van der Waals surface area contributed by atoms with Gasteiger partial charge >= 0.3 is 18.0 Å². The van der Waals surface area contributed by atoms with E-state index in [0.29, 0.717) is 19.4 Å². The Hall–Kier alpha value is -1.79. The third-order valence-corrected chi connectivity index (χ3v) is 3.09. The Kier molecular flexibility index (Phi) is 8.42. The Bertz CT molecular complexity index is 368. The lowest BCUT2D eigenvalue weighted by Crippen LogP contribution is -2.45. The quantitative estimate of drug-likeness (QED) is 0.560. The van der Waals surface area contributed by atoms with E-state index in [2.05, 4.69) is 10.6 Å². The summed E-state index contributed by atoms with van der Waals surface area (Å²) in [5, 5.41) is 13.8. The number of hydrogen-bond acceptors (Lipinski definition) is 4. The van der Waals surface area contributed by atoms with E-state index < -0.39 is 24.0 Å². The summed E-state index contributed by atoms with van der Waals surface area (Å²) in [6.07, 6.45) is 1.31. The van der Waals surface area contributed by atoms with Crippen molar-refractivity contribution in [1.82, 2.24) is 10.6 Å². The maximum Gasteiger partial charge on any atom is 0.328 e. The summed E-state index contributed by atoms with van der Waals surface area (Å²) in [7, 11) is 0. The van der Waals surface area contributed by atoms with E-state index in [4.69, 9.17) is 9.84 Å².